The SMILES string of the molecule is CCN(c1ccccc1)S(=O)(=O)c1ccc(NCCCOC(C)C)nc1. The molecule has 1 N–H and O–H groups in total. The molecule has 142 valence electrons. The Morgan fingerprint density at radius 2 is 1.88 bits per heavy atom. The number of aromatic nitrogens is 1. The second-order valence-corrected chi connectivity index (χ2v) is 7.95. The maximum Gasteiger partial charge on any atom is 0.265 e. The van der Waals surface area contributed by atoms with Crippen LogP contribution in [0.4, 0.5) is 11.5 Å². The van der Waals surface area contributed by atoms with Gasteiger partial charge in [-0.1, -0.05) is 18.2 Å². The quantitative estimate of drug-likeness (QED) is 0.642. The molecule has 2 rings (SSSR count). The van der Waals surface area contributed by atoms with Crippen molar-refractivity contribution in [2.75, 3.05) is 29.3 Å². The molecular weight excluding hydrogens is 350 g/mol. The van der Waals surface area contributed by atoms with Gasteiger partial charge in [-0.2, -0.15) is 0 Å². The maximum atomic E-state index is 12.9. The summed E-state index contributed by atoms with van der Waals surface area (Å²) in [6.45, 7) is 7.57. The van der Waals surface area contributed by atoms with Crippen LogP contribution >= 0.6 is 0 Å². The van der Waals surface area contributed by atoms with E-state index in [1.54, 1.807) is 24.3 Å². The Balaban J connectivity index is 2.02. The van der Waals surface area contributed by atoms with Gasteiger partial charge in [-0.25, -0.2) is 13.4 Å². The molecule has 0 atom stereocenters. The summed E-state index contributed by atoms with van der Waals surface area (Å²) < 4.78 is 32.6. The van der Waals surface area contributed by atoms with Gasteiger partial charge in [-0.05, 0) is 51.5 Å². The monoisotopic (exact) mass is 377 g/mol. The van der Waals surface area contributed by atoms with Gasteiger partial charge in [0.25, 0.3) is 10.0 Å². The van der Waals surface area contributed by atoms with E-state index in [9.17, 15) is 8.42 Å². The molecule has 1 aromatic heterocycles. The number of benzene rings is 1. The predicted octanol–water partition coefficient (Wildman–Crippen LogP) is 3.52. The first-order valence-electron chi connectivity index (χ1n) is 8.84. The van der Waals surface area contributed by atoms with Crippen LogP contribution in [-0.2, 0) is 14.8 Å². The minimum atomic E-state index is -3.64. The van der Waals surface area contributed by atoms with Crippen LogP contribution in [0.15, 0.2) is 53.6 Å². The van der Waals surface area contributed by atoms with E-state index in [4.69, 9.17) is 4.74 Å². The Labute approximate surface area is 156 Å². The van der Waals surface area contributed by atoms with Crippen molar-refractivity contribution < 1.29 is 13.2 Å². The van der Waals surface area contributed by atoms with E-state index >= 15 is 0 Å². The second-order valence-electron chi connectivity index (χ2n) is 6.08. The number of hydrogen-bond acceptors (Lipinski definition) is 5. The zero-order valence-corrected chi connectivity index (χ0v) is 16.4. The van der Waals surface area contributed by atoms with Crippen LogP contribution in [0, 0.1) is 0 Å². The summed E-state index contributed by atoms with van der Waals surface area (Å²) in [7, 11) is -3.64. The number of nitrogens with zero attached hydrogens (tertiary/aromatic N) is 2. The Bertz CT molecular complexity index is 762. The average molecular weight is 378 g/mol. The summed E-state index contributed by atoms with van der Waals surface area (Å²) in [6.07, 6.45) is 2.48. The largest absolute Gasteiger partial charge is 0.379 e. The summed E-state index contributed by atoms with van der Waals surface area (Å²) in [5, 5.41) is 3.17. The van der Waals surface area contributed by atoms with Crippen LogP contribution in [0.25, 0.3) is 0 Å². The molecule has 0 unspecified atom stereocenters. The molecule has 26 heavy (non-hydrogen) atoms. The van der Waals surface area contributed by atoms with Crippen molar-refractivity contribution in [1.29, 1.82) is 0 Å². The Kier molecular flexibility index (Phi) is 7.41. The lowest BCUT2D eigenvalue weighted by molar-refractivity contribution is 0.0787. The lowest BCUT2D eigenvalue weighted by Gasteiger charge is -2.22. The maximum absolute atomic E-state index is 12.9. The third kappa shape index (κ3) is 5.44. The normalized spacial score (nSPS) is 11.5. The van der Waals surface area contributed by atoms with Crippen LogP contribution in [0.2, 0.25) is 0 Å². The number of hydrogen-bond donors (Lipinski definition) is 1. The number of nitrogens with one attached hydrogen (secondary N) is 1. The molecule has 0 spiro atoms. The molecular formula is C19H27N3O3S. The number of pyridine rings is 1. The Morgan fingerprint density at radius 3 is 2.46 bits per heavy atom. The summed E-state index contributed by atoms with van der Waals surface area (Å²) in [5.41, 5.74) is 0.641. The molecule has 1 aromatic carbocycles. The van der Waals surface area contributed by atoms with E-state index in [2.05, 4.69) is 10.3 Å². The molecule has 0 aliphatic carbocycles. The lowest BCUT2D eigenvalue weighted by atomic mass is 10.3. The molecule has 0 aliphatic rings. The van der Waals surface area contributed by atoms with Crippen molar-refractivity contribution in [3.05, 3.63) is 48.7 Å². The zero-order chi connectivity index (χ0) is 19.0. The van der Waals surface area contributed by atoms with E-state index in [0.717, 1.165) is 13.0 Å². The summed E-state index contributed by atoms with van der Waals surface area (Å²) in [4.78, 5) is 4.41. The molecule has 0 saturated carbocycles. The van der Waals surface area contributed by atoms with Crippen LogP contribution in [0.3, 0.4) is 0 Å². The molecule has 7 heteroatoms. The first-order chi connectivity index (χ1) is 12.4. The third-order valence-electron chi connectivity index (χ3n) is 3.73. The van der Waals surface area contributed by atoms with Crippen molar-refractivity contribution in [3.8, 4) is 0 Å². The van der Waals surface area contributed by atoms with E-state index in [-0.39, 0.29) is 11.0 Å². The Morgan fingerprint density at radius 1 is 1.15 bits per heavy atom. The summed E-state index contributed by atoms with van der Waals surface area (Å²) >= 11 is 0. The van der Waals surface area contributed by atoms with Crippen molar-refractivity contribution in [3.63, 3.8) is 0 Å². The fourth-order valence-corrected chi connectivity index (χ4v) is 3.88. The van der Waals surface area contributed by atoms with Crippen molar-refractivity contribution in [2.45, 2.75) is 38.2 Å². The molecule has 0 radical (unpaired) electrons. The minimum Gasteiger partial charge on any atom is -0.379 e. The molecule has 0 amide bonds. The number of ether oxygens (including phenoxy) is 1. The van der Waals surface area contributed by atoms with Gasteiger partial charge >= 0.3 is 0 Å². The molecule has 6 nitrogen and oxygen atoms in total. The second kappa shape index (κ2) is 9.54. The van der Waals surface area contributed by atoms with Gasteiger partial charge in [0, 0.05) is 25.9 Å². The average Bonchev–Trinajstić information content (AvgIpc) is 2.63. The van der Waals surface area contributed by atoms with E-state index in [0.29, 0.717) is 24.7 Å². The highest BCUT2D eigenvalue weighted by Crippen LogP contribution is 2.23. The number of anilines is 2. The highest BCUT2D eigenvalue weighted by Gasteiger charge is 2.23. The van der Waals surface area contributed by atoms with E-state index in [1.165, 1.54) is 10.5 Å². The van der Waals surface area contributed by atoms with Crippen molar-refractivity contribution >= 4 is 21.5 Å². The molecule has 0 aliphatic heterocycles. The minimum absolute atomic E-state index is 0.178. The smallest absolute Gasteiger partial charge is 0.265 e. The molecule has 1 heterocycles. The molecule has 0 fully saturated rings. The van der Waals surface area contributed by atoms with E-state index in [1.807, 2.05) is 39.0 Å². The third-order valence-corrected chi connectivity index (χ3v) is 5.62. The van der Waals surface area contributed by atoms with Crippen LogP contribution in [-0.4, -0.2) is 39.2 Å². The molecule has 0 saturated heterocycles. The van der Waals surface area contributed by atoms with Gasteiger partial charge in [-0.3, -0.25) is 4.31 Å². The zero-order valence-electron chi connectivity index (χ0n) is 15.6. The highest BCUT2D eigenvalue weighted by molar-refractivity contribution is 7.92. The van der Waals surface area contributed by atoms with Gasteiger partial charge in [0.2, 0.25) is 0 Å². The van der Waals surface area contributed by atoms with Gasteiger partial charge in [0.05, 0.1) is 11.8 Å². The van der Waals surface area contributed by atoms with Crippen molar-refractivity contribution in [1.82, 2.24) is 4.98 Å². The fourth-order valence-electron chi connectivity index (χ4n) is 2.46. The van der Waals surface area contributed by atoms with Crippen LogP contribution in [0.1, 0.15) is 27.2 Å². The number of sulfonamides is 1. The Hall–Kier alpha value is -2.12. The van der Waals surface area contributed by atoms with Crippen LogP contribution in [0.5, 0.6) is 0 Å². The summed E-state index contributed by atoms with van der Waals surface area (Å²) in [6, 6.07) is 12.3. The van der Waals surface area contributed by atoms with E-state index < -0.39 is 10.0 Å². The van der Waals surface area contributed by atoms with Crippen molar-refractivity contribution in [2.24, 2.45) is 0 Å². The molecule has 2 aromatic rings. The summed E-state index contributed by atoms with van der Waals surface area (Å²) in [5.74, 6) is 0.649. The highest BCUT2D eigenvalue weighted by atomic mass is 32.2. The van der Waals surface area contributed by atoms with Gasteiger partial charge in [-0.15, -0.1) is 0 Å². The molecule has 0 bridgehead atoms. The topological polar surface area (TPSA) is 71.5 Å². The van der Waals surface area contributed by atoms with Crippen LogP contribution < -0.4 is 9.62 Å². The van der Waals surface area contributed by atoms with Gasteiger partial charge < -0.3 is 10.1 Å². The predicted molar refractivity (Wildman–Crippen MR) is 105 cm³/mol. The first-order valence-corrected chi connectivity index (χ1v) is 10.3. The lowest BCUT2D eigenvalue weighted by Crippen LogP contribution is -2.30. The standard InChI is InChI=1S/C19H27N3O3S/c1-4-22(17-9-6-5-7-10-17)26(23,24)18-11-12-19(21-15-18)20-13-8-14-25-16(2)3/h5-7,9-12,15-16H,4,8,13-14H2,1-3H3,(H,20,21). The van der Waals surface area contributed by atoms with Gasteiger partial charge in [0.1, 0.15) is 10.7 Å². The number of rotatable bonds is 10. The fraction of sp³-hybridized carbons (Fsp3) is 0.421. The van der Waals surface area contributed by atoms with Gasteiger partial charge in [0.15, 0.2) is 0 Å². The number of para-hydroxylation sites is 1. The first kappa shape index (κ1) is 20.2.